The molecule has 0 N–H and O–H groups in total. The fraction of sp³-hybridized carbons (Fsp3) is 0.412. The van der Waals surface area contributed by atoms with Gasteiger partial charge in [0.25, 0.3) is 0 Å². The number of aromatic carboxylic acids is 1. The molecule has 0 saturated heterocycles. The van der Waals surface area contributed by atoms with Gasteiger partial charge in [0.15, 0.2) is 0 Å². The van der Waals surface area contributed by atoms with E-state index in [-0.39, 0.29) is 5.56 Å². The Kier molecular flexibility index (Phi) is 5.20. The number of aryl methyl sites for hydroxylation is 1. The zero-order chi connectivity index (χ0) is 16.1. The van der Waals surface area contributed by atoms with E-state index in [1.807, 2.05) is 38.1 Å². The van der Waals surface area contributed by atoms with Gasteiger partial charge in [-0.1, -0.05) is 26.7 Å². The molecule has 0 bridgehead atoms. The molecule has 2 rings (SSSR count). The molecule has 1 aromatic carbocycles. The number of carbonyl (C=O) groups is 1. The second-order valence-corrected chi connectivity index (χ2v) is 5.17. The normalized spacial score (nSPS) is 10.7. The van der Waals surface area contributed by atoms with Crippen LogP contribution in [0.25, 0.3) is 5.69 Å². The van der Waals surface area contributed by atoms with E-state index in [9.17, 15) is 9.90 Å². The summed E-state index contributed by atoms with van der Waals surface area (Å²) in [5.41, 5.74) is 2.38. The predicted molar refractivity (Wildman–Crippen MR) is 82.4 cm³/mol. The molecule has 2 aromatic rings. The molecular formula is C17H21N2O3-. The number of hydrogen-bond acceptors (Lipinski definition) is 4. The minimum Gasteiger partial charge on any atom is -0.545 e. The van der Waals surface area contributed by atoms with Crippen molar-refractivity contribution in [2.45, 2.75) is 39.5 Å². The summed E-state index contributed by atoms with van der Waals surface area (Å²) in [6, 6.07) is 7.43. The lowest BCUT2D eigenvalue weighted by Gasteiger charge is -2.10. The molecule has 118 valence electrons. The van der Waals surface area contributed by atoms with Crippen LogP contribution in [0.15, 0.2) is 24.3 Å². The highest BCUT2D eigenvalue weighted by Gasteiger charge is 2.18. The Hall–Kier alpha value is -2.30. The highest BCUT2D eigenvalue weighted by atomic mass is 16.5. The summed E-state index contributed by atoms with van der Waals surface area (Å²) in [5.74, 6) is -0.395. The number of hydrogen-bond donors (Lipinski definition) is 0. The van der Waals surface area contributed by atoms with Gasteiger partial charge >= 0.3 is 0 Å². The second-order valence-electron chi connectivity index (χ2n) is 5.17. The highest BCUT2D eigenvalue weighted by Crippen LogP contribution is 2.23. The van der Waals surface area contributed by atoms with Gasteiger partial charge in [0, 0.05) is 5.56 Å². The van der Waals surface area contributed by atoms with Crippen LogP contribution in [0.3, 0.4) is 0 Å². The van der Waals surface area contributed by atoms with Crippen molar-refractivity contribution in [3.8, 4) is 11.4 Å². The number of rotatable bonds is 7. The Morgan fingerprint density at radius 3 is 2.32 bits per heavy atom. The molecule has 0 aliphatic heterocycles. The molecule has 0 spiro atoms. The van der Waals surface area contributed by atoms with Crippen LogP contribution in [0.5, 0.6) is 5.75 Å². The molecule has 5 nitrogen and oxygen atoms in total. The van der Waals surface area contributed by atoms with Crippen molar-refractivity contribution in [2.75, 3.05) is 7.11 Å². The Morgan fingerprint density at radius 1 is 1.18 bits per heavy atom. The van der Waals surface area contributed by atoms with Crippen LogP contribution in [0.2, 0.25) is 0 Å². The highest BCUT2D eigenvalue weighted by molar-refractivity contribution is 5.89. The van der Waals surface area contributed by atoms with E-state index in [0.717, 1.165) is 24.3 Å². The van der Waals surface area contributed by atoms with Gasteiger partial charge < -0.3 is 14.6 Å². The van der Waals surface area contributed by atoms with Gasteiger partial charge in [0.1, 0.15) is 5.75 Å². The molecule has 0 aliphatic rings. The van der Waals surface area contributed by atoms with Crippen LogP contribution in [0, 0.1) is 0 Å². The number of benzene rings is 1. The summed E-state index contributed by atoms with van der Waals surface area (Å²) in [5, 5.41) is 16.1. The molecule has 0 saturated carbocycles. The molecule has 1 aromatic heterocycles. The number of methoxy groups -OCH3 is 1. The quantitative estimate of drug-likeness (QED) is 0.786. The molecule has 0 unspecified atom stereocenters. The lowest BCUT2D eigenvalue weighted by molar-refractivity contribution is -0.255. The van der Waals surface area contributed by atoms with Gasteiger partial charge in [-0.25, -0.2) is 4.68 Å². The molecule has 0 amide bonds. The molecule has 0 atom stereocenters. The number of nitrogens with zero attached hydrogens (tertiary/aromatic N) is 2. The van der Waals surface area contributed by atoms with Crippen molar-refractivity contribution >= 4 is 5.97 Å². The Bertz CT molecular complexity index is 645. The smallest absolute Gasteiger partial charge is 0.119 e. The van der Waals surface area contributed by atoms with Crippen molar-refractivity contribution in [2.24, 2.45) is 0 Å². The van der Waals surface area contributed by atoms with E-state index in [0.29, 0.717) is 24.2 Å². The van der Waals surface area contributed by atoms with Crippen LogP contribution in [0.1, 0.15) is 48.4 Å². The lowest BCUT2D eigenvalue weighted by Crippen LogP contribution is -2.25. The maximum absolute atomic E-state index is 11.6. The molecule has 22 heavy (non-hydrogen) atoms. The van der Waals surface area contributed by atoms with Gasteiger partial charge in [-0.15, -0.1) is 0 Å². The summed E-state index contributed by atoms with van der Waals surface area (Å²) in [4.78, 5) is 11.6. The van der Waals surface area contributed by atoms with Crippen LogP contribution >= 0.6 is 0 Å². The lowest BCUT2D eigenvalue weighted by atomic mass is 10.1. The summed E-state index contributed by atoms with van der Waals surface area (Å²) in [6.07, 6.45) is 2.95. The fourth-order valence-corrected chi connectivity index (χ4v) is 2.56. The number of carbonyl (C=O) groups excluding carboxylic acids is 1. The number of ether oxygens (including phenoxy) is 1. The van der Waals surface area contributed by atoms with E-state index >= 15 is 0 Å². The van der Waals surface area contributed by atoms with E-state index in [2.05, 4.69) is 5.10 Å². The van der Waals surface area contributed by atoms with Crippen molar-refractivity contribution in [1.82, 2.24) is 9.78 Å². The van der Waals surface area contributed by atoms with Gasteiger partial charge in [0.05, 0.1) is 30.2 Å². The molecule has 1 heterocycles. The summed E-state index contributed by atoms with van der Waals surface area (Å²) >= 11 is 0. The van der Waals surface area contributed by atoms with Gasteiger partial charge in [-0.2, -0.15) is 5.10 Å². The molecule has 5 heteroatoms. The van der Waals surface area contributed by atoms with Crippen LogP contribution in [0.4, 0.5) is 0 Å². The Labute approximate surface area is 130 Å². The maximum atomic E-state index is 11.6. The van der Waals surface area contributed by atoms with E-state index in [1.54, 1.807) is 11.8 Å². The van der Waals surface area contributed by atoms with Gasteiger partial charge in [-0.05, 0) is 37.1 Å². The topological polar surface area (TPSA) is 67.2 Å². The predicted octanol–water partition coefficient (Wildman–Crippen LogP) is 2.15. The monoisotopic (exact) mass is 301 g/mol. The first-order chi connectivity index (χ1) is 10.6. The summed E-state index contributed by atoms with van der Waals surface area (Å²) in [7, 11) is 1.61. The summed E-state index contributed by atoms with van der Waals surface area (Å²) in [6.45, 7) is 4.02. The SMILES string of the molecule is CCCc1nn(-c2ccc(OC)cc2)c(CCC)c1C(=O)[O-]. The average Bonchev–Trinajstić information content (AvgIpc) is 2.87. The first kappa shape index (κ1) is 16.1. The van der Waals surface area contributed by atoms with Gasteiger partial charge in [-0.3, -0.25) is 0 Å². The van der Waals surface area contributed by atoms with Crippen molar-refractivity contribution in [1.29, 1.82) is 0 Å². The molecule has 0 radical (unpaired) electrons. The second kappa shape index (κ2) is 7.11. The summed E-state index contributed by atoms with van der Waals surface area (Å²) < 4.78 is 6.88. The first-order valence-corrected chi connectivity index (χ1v) is 7.58. The van der Waals surface area contributed by atoms with Gasteiger partial charge in [0.2, 0.25) is 0 Å². The third kappa shape index (κ3) is 3.13. The van der Waals surface area contributed by atoms with Crippen LogP contribution < -0.4 is 9.84 Å². The minimum absolute atomic E-state index is 0.250. The Morgan fingerprint density at radius 2 is 1.82 bits per heavy atom. The molecule has 0 fully saturated rings. The van der Waals surface area contributed by atoms with Crippen LogP contribution in [-0.4, -0.2) is 22.9 Å². The largest absolute Gasteiger partial charge is 0.545 e. The zero-order valence-corrected chi connectivity index (χ0v) is 13.3. The number of carboxylic acids is 1. The van der Waals surface area contributed by atoms with E-state index < -0.39 is 5.97 Å². The van der Waals surface area contributed by atoms with Crippen molar-refractivity contribution in [3.63, 3.8) is 0 Å². The number of carboxylic acid groups (broad SMARTS) is 1. The zero-order valence-electron chi connectivity index (χ0n) is 13.3. The van der Waals surface area contributed by atoms with Crippen molar-refractivity contribution < 1.29 is 14.6 Å². The first-order valence-electron chi connectivity index (χ1n) is 7.58. The van der Waals surface area contributed by atoms with E-state index in [1.165, 1.54) is 0 Å². The maximum Gasteiger partial charge on any atom is 0.119 e. The van der Waals surface area contributed by atoms with E-state index in [4.69, 9.17) is 4.74 Å². The standard InChI is InChI=1S/C17H22N2O3/c1-4-6-14-16(17(20)21)15(7-5-2)19(18-14)12-8-10-13(22-3)11-9-12/h8-11H,4-7H2,1-3H3,(H,20,21)/p-1. The van der Waals surface area contributed by atoms with Crippen molar-refractivity contribution in [3.05, 3.63) is 41.2 Å². The Balaban J connectivity index is 2.57. The third-order valence-electron chi connectivity index (χ3n) is 3.55. The molecule has 0 aliphatic carbocycles. The fourth-order valence-electron chi connectivity index (χ4n) is 2.56. The minimum atomic E-state index is -1.15. The molecular weight excluding hydrogens is 280 g/mol. The number of aromatic nitrogens is 2. The van der Waals surface area contributed by atoms with Crippen LogP contribution in [-0.2, 0) is 12.8 Å². The average molecular weight is 301 g/mol. The third-order valence-corrected chi connectivity index (χ3v) is 3.55.